The van der Waals surface area contributed by atoms with E-state index in [1.165, 1.54) is 14.2 Å². The van der Waals surface area contributed by atoms with Crippen LogP contribution in [-0.2, 0) is 16.0 Å². The van der Waals surface area contributed by atoms with Crippen LogP contribution in [-0.4, -0.2) is 30.7 Å². The van der Waals surface area contributed by atoms with E-state index in [4.69, 9.17) is 9.47 Å². The summed E-state index contributed by atoms with van der Waals surface area (Å²) >= 11 is 0. The molecule has 5 nitrogen and oxygen atoms in total. The molecule has 0 saturated carbocycles. The molecule has 0 aliphatic rings. The van der Waals surface area contributed by atoms with Crippen molar-refractivity contribution in [1.82, 2.24) is 4.57 Å². The average molecular weight is 287 g/mol. The summed E-state index contributed by atoms with van der Waals surface area (Å²) in [4.78, 5) is 24.0. The molecule has 2 aromatic rings. The zero-order valence-electron chi connectivity index (χ0n) is 12.3. The van der Waals surface area contributed by atoms with Crippen LogP contribution in [0.1, 0.15) is 27.8 Å². The van der Waals surface area contributed by atoms with Crippen molar-refractivity contribution < 1.29 is 19.1 Å². The van der Waals surface area contributed by atoms with Crippen LogP contribution < -0.4 is 0 Å². The van der Waals surface area contributed by atoms with Crippen molar-refractivity contribution in [3.05, 3.63) is 47.7 Å². The monoisotopic (exact) mass is 287 g/mol. The summed E-state index contributed by atoms with van der Waals surface area (Å²) in [5.74, 6) is -1.11. The molecule has 2 rings (SSSR count). The Kier molecular flexibility index (Phi) is 4.42. The third kappa shape index (κ3) is 2.67. The minimum atomic E-state index is -0.556. The first-order valence-corrected chi connectivity index (χ1v) is 6.59. The van der Waals surface area contributed by atoms with Gasteiger partial charge in [0.2, 0.25) is 0 Å². The topological polar surface area (TPSA) is 57.5 Å². The van der Waals surface area contributed by atoms with Gasteiger partial charge in [0.25, 0.3) is 0 Å². The molecule has 0 bridgehead atoms. The molecule has 0 radical (unpaired) electrons. The summed E-state index contributed by atoms with van der Waals surface area (Å²) in [7, 11) is 2.58. The Morgan fingerprint density at radius 1 is 1.05 bits per heavy atom. The number of esters is 2. The second kappa shape index (κ2) is 6.26. The van der Waals surface area contributed by atoms with Crippen LogP contribution in [0.4, 0.5) is 0 Å². The van der Waals surface area contributed by atoms with Gasteiger partial charge in [-0.2, -0.15) is 0 Å². The molecule has 5 heteroatoms. The number of methoxy groups -OCH3 is 2. The van der Waals surface area contributed by atoms with Gasteiger partial charge in [-0.1, -0.05) is 30.3 Å². The third-order valence-electron chi connectivity index (χ3n) is 3.27. The quantitative estimate of drug-likeness (QED) is 0.811. The molecular weight excluding hydrogens is 270 g/mol. The first kappa shape index (κ1) is 14.8. The molecule has 0 atom stereocenters. The largest absolute Gasteiger partial charge is 0.465 e. The van der Waals surface area contributed by atoms with E-state index < -0.39 is 11.9 Å². The average Bonchev–Trinajstić information content (AvgIpc) is 2.93. The molecule has 21 heavy (non-hydrogen) atoms. The van der Waals surface area contributed by atoms with Gasteiger partial charge in [-0.25, -0.2) is 9.59 Å². The minimum absolute atomic E-state index is 0.213. The molecule has 1 heterocycles. The number of ether oxygens (including phenoxy) is 2. The first-order chi connectivity index (χ1) is 10.1. The zero-order chi connectivity index (χ0) is 15.4. The van der Waals surface area contributed by atoms with Crippen LogP contribution in [0, 0.1) is 0 Å². The molecule has 0 unspecified atom stereocenters. The number of rotatable bonds is 4. The molecule has 0 amide bonds. The number of aromatic nitrogens is 1. The molecule has 110 valence electrons. The summed E-state index contributed by atoms with van der Waals surface area (Å²) in [5, 5.41) is 0. The van der Waals surface area contributed by atoms with E-state index in [1.807, 2.05) is 37.3 Å². The van der Waals surface area contributed by atoms with Gasteiger partial charge in [-0.3, -0.25) is 0 Å². The van der Waals surface area contributed by atoms with E-state index in [0.29, 0.717) is 6.54 Å². The molecule has 0 saturated heterocycles. The van der Waals surface area contributed by atoms with E-state index in [-0.39, 0.29) is 11.3 Å². The van der Waals surface area contributed by atoms with Gasteiger partial charge in [-0.05, 0) is 18.6 Å². The number of hydrogen-bond acceptors (Lipinski definition) is 4. The van der Waals surface area contributed by atoms with Crippen LogP contribution in [0.3, 0.4) is 0 Å². The van der Waals surface area contributed by atoms with Gasteiger partial charge in [0, 0.05) is 12.2 Å². The standard InChI is InChI=1S/C16H17NO4/c1-4-17-13(11-8-6-5-7-9-11)10-12(15(18)20-2)14(17)16(19)21-3/h5-10H,4H2,1-3H3. The highest BCUT2D eigenvalue weighted by atomic mass is 16.5. The smallest absolute Gasteiger partial charge is 0.355 e. The van der Waals surface area contributed by atoms with Gasteiger partial charge in [0.15, 0.2) is 0 Å². The molecule has 0 N–H and O–H groups in total. The van der Waals surface area contributed by atoms with Crippen LogP contribution >= 0.6 is 0 Å². The van der Waals surface area contributed by atoms with E-state index in [9.17, 15) is 9.59 Å². The Balaban J connectivity index is 2.70. The number of carbonyl (C=O) groups is 2. The highest BCUT2D eigenvalue weighted by Crippen LogP contribution is 2.27. The Bertz CT molecular complexity index is 658. The van der Waals surface area contributed by atoms with E-state index in [1.54, 1.807) is 10.6 Å². The fraction of sp³-hybridized carbons (Fsp3) is 0.250. The summed E-state index contributed by atoms with van der Waals surface area (Å²) in [6, 6.07) is 11.2. The first-order valence-electron chi connectivity index (χ1n) is 6.59. The number of benzene rings is 1. The van der Waals surface area contributed by atoms with E-state index in [0.717, 1.165) is 11.3 Å². The van der Waals surface area contributed by atoms with Crippen molar-refractivity contribution in [2.24, 2.45) is 0 Å². The molecule has 0 spiro atoms. The van der Waals surface area contributed by atoms with Crippen molar-refractivity contribution in [3.63, 3.8) is 0 Å². The van der Waals surface area contributed by atoms with Gasteiger partial charge in [0.1, 0.15) is 5.69 Å². The highest BCUT2D eigenvalue weighted by Gasteiger charge is 2.26. The lowest BCUT2D eigenvalue weighted by atomic mass is 10.1. The summed E-state index contributed by atoms with van der Waals surface area (Å²) in [6.45, 7) is 2.44. The van der Waals surface area contributed by atoms with Crippen molar-refractivity contribution in [2.75, 3.05) is 14.2 Å². The van der Waals surface area contributed by atoms with Crippen molar-refractivity contribution in [1.29, 1.82) is 0 Å². The number of carbonyl (C=O) groups excluding carboxylic acids is 2. The predicted molar refractivity (Wildman–Crippen MR) is 78.2 cm³/mol. The van der Waals surface area contributed by atoms with Crippen LogP contribution in [0.2, 0.25) is 0 Å². The van der Waals surface area contributed by atoms with Crippen molar-refractivity contribution in [2.45, 2.75) is 13.5 Å². The maximum Gasteiger partial charge on any atom is 0.355 e. The molecular formula is C16H17NO4. The second-order valence-electron chi connectivity index (χ2n) is 4.39. The maximum absolute atomic E-state index is 12.0. The predicted octanol–water partition coefficient (Wildman–Crippen LogP) is 2.75. The minimum Gasteiger partial charge on any atom is -0.465 e. The van der Waals surface area contributed by atoms with E-state index >= 15 is 0 Å². The van der Waals surface area contributed by atoms with Gasteiger partial charge >= 0.3 is 11.9 Å². The number of nitrogens with zero attached hydrogens (tertiary/aromatic N) is 1. The molecule has 0 aliphatic carbocycles. The van der Waals surface area contributed by atoms with Crippen molar-refractivity contribution in [3.8, 4) is 11.3 Å². The Hall–Kier alpha value is -2.56. The Labute approximate surface area is 123 Å². The highest BCUT2D eigenvalue weighted by molar-refractivity contribution is 6.03. The molecule has 0 aliphatic heterocycles. The normalized spacial score (nSPS) is 10.2. The van der Waals surface area contributed by atoms with Gasteiger partial charge < -0.3 is 14.0 Å². The number of hydrogen-bond donors (Lipinski definition) is 0. The molecule has 0 fully saturated rings. The van der Waals surface area contributed by atoms with Crippen molar-refractivity contribution >= 4 is 11.9 Å². The zero-order valence-corrected chi connectivity index (χ0v) is 12.3. The van der Waals surface area contributed by atoms with Gasteiger partial charge in [0.05, 0.1) is 19.8 Å². The van der Waals surface area contributed by atoms with Gasteiger partial charge in [-0.15, -0.1) is 0 Å². The summed E-state index contributed by atoms with van der Waals surface area (Å²) in [6.07, 6.45) is 0. The third-order valence-corrected chi connectivity index (χ3v) is 3.27. The van der Waals surface area contributed by atoms with E-state index in [2.05, 4.69) is 0 Å². The lowest BCUT2D eigenvalue weighted by Crippen LogP contribution is -2.15. The summed E-state index contributed by atoms with van der Waals surface area (Å²) < 4.78 is 11.3. The lowest BCUT2D eigenvalue weighted by Gasteiger charge is -2.10. The fourth-order valence-electron chi connectivity index (χ4n) is 2.31. The SMILES string of the molecule is CCn1c(-c2ccccc2)cc(C(=O)OC)c1C(=O)OC. The molecule has 1 aromatic heterocycles. The van der Waals surface area contributed by atoms with Crippen LogP contribution in [0.25, 0.3) is 11.3 Å². The van der Waals surface area contributed by atoms with Crippen LogP contribution in [0.5, 0.6) is 0 Å². The fourth-order valence-corrected chi connectivity index (χ4v) is 2.31. The lowest BCUT2D eigenvalue weighted by molar-refractivity contribution is 0.0547. The maximum atomic E-state index is 12.0. The Morgan fingerprint density at radius 3 is 2.19 bits per heavy atom. The van der Waals surface area contributed by atoms with Crippen LogP contribution in [0.15, 0.2) is 36.4 Å². The summed E-state index contributed by atoms with van der Waals surface area (Å²) in [5.41, 5.74) is 2.12. The second-order valence-corrected chi connectivity index (χ2v) is 4.39. The molecule has 1 aromatic carbocycles. The Morgan fingerprint density at radius 2 is 1.67 bits per heavy atom.